The lowest BCUT2D eigenvalue weighted by Crippen LogP contribution is -2.60. The van der Waals surface area contributed by atoms with Crippen LogP contribution in [-0.4, -0.2) is 23.8 Å². The summed E-state index contributed by atoms with van der Waals surface area (Å²) < 4.78 is 0. The molecule has 1 aliphatic rings. The van der Waals surface area contributed by atoms with Gasteiger partial charge in [-0.3, -0.25) is 0 Å². The molecule has 0 spiro atoms. The Morgan fingerprint density at radius 1 is 1.25 bits per heavy atom. The lowest BCUT2D eigenvalue weighted by molar-refractivity contribution is 0.0310. The maximum Gasteiger partial charge on any atom is 0.0967 e. The van der Waals surface area contributed by atoms with Crippen LogP contribution < -0.4 is 4.90 Å². The Hall–Kier alpha value is -1.02. The molecule has 0 atom stereocenters. The fraction of sp³-hybridized carbons (Fsp3) is 0.400. The molecule has 0 bridgehead atoms. The zero-order valence-corrected chi connectivity index (χ0v) is 7.20. The van der Waals surface area contributed by atoms with Crippen molar-refractivity contribution in [3.63, 3.8) is 0 Å². The van der Waals surface area contributed by atoms with Crippen molar-refractivity contribution in [1.82, 2.24) is 0 Å². The number of hydrogen-bond donors (Lipinski definition) is 1. The zero-order valence-electron chi connectivity index (χ0n) is 7.20. The van der Waals surface area contributed by atoms with Crippen molar-refractivity contribution in [2.75, 3.05) is 18.0 Å². The highest BCUT2D eigenvalue weighted by Crippen LogP contribution is 2.26. The number of rotatable bonds is 1. The van der Waals surface area contributed by atoms with Gasteiger partial charge in [0.1, 0.15) is 0 Å². The van der Waals surface area contributed by atoms with Gasteiger partial charge in [-0.25, -0.2) is 0 Å². The molecule has 1 N–H and O–H groups in total. The fourth-order valence-electron chi connectivity index (χ4n) is 1.60. The van der Waals surface area contributed by atoms with E-state index in [1.165, 1.54) is 5.69 Å². The summed E-state index contributed by atoms with van der Waals surface area (Å²) in [4.78, 5) is 2.17. The van der Waals surface area contributed by atoms with Crippen LogP contribution in [0, 0.1) is 0 Å². The molecule has 0 aromatic heterocycles. The van der Waals surface area contributed by atoms with E-state index in [2.05, 4.69) is 17.0 Å². The molecule has 2 rings (SSSR count). The molecule has 0 amide bonds. The van der Waals surface area contributed by atoms with Crippen LogP contribution in [0.4, 0.5) is 5.69 Å². The van der Waals surface area contributed by atoms with E-state index in [1.54, 1.807) is 0 Å². The van der Waals surface area contributed by atoms with Crippen LogP contribution in [0.25, 0.3) is 0 Å². The first kappa shape index (κ1) is 7.62. The fourth-order valence-corrected chi connectivity index (χ4v) is 1.60. The summed E-state index contributed by atoms with van der Waals surface area (Å²) in [6.45, 7) is 3.36. The van der Waals surface area contributed by atoms with Crippen LogP contribution in [0.5, 0.6) is 0 Å². The van der Waals surface area contributed by atoms with E-state index >= 15 is 0 Å². The third-order valence-electron chi connectivity index (χ3n) is 2.18. The monoisotopic (exact) mass is 163 g/mol. The molecule has 0 unspecified atom stereocenters. The molecular formula is C10H13NO. The molecule has 1 heterocycles. The Kier molecular flexibility index (Phi) is 1.58. The first-order valence-electron chi connectivity index (χ1n) is 4.20. The van der Waals surface area contributed by atoms with Gasteiger partial charge in [-0.2, -0.15) is 0 Å². The predicted octanol–water partition coefficient (Wildman–Crippen LogP) is 1.26. The maximum absolute atomic E-state index is 9.50. The number of nitrogens with zero attached hydrogens (tertiary/aromatic N) is 1. The second-order valence-electron chi connectivity index (χ2n) is 3.69. The van der Waals surface area contributed by atoms with E-state index in [9.17, 15) is 5.11 Å². The van der Waals surface area contributed by atoms with Crippen molar-refractivity contribution >= 4 is 5.69 Å². The number of β-amino-alcohol motifs (C(OH)–C–C–N with tert-alkyl or cyclic N) is 1. The molecule has 1 fully saturated rings. The molecular weight excluding hydrogens is 150 g/mol. The zero-order chi connectivity index (χ0) is 8.60. The van der Waals surface area contributed by atoms with E-state index in [0.29, 0.717) is 0 Å². The lowest BCUT2D eigenvalue weighted by atomic mass is 9.96. The highest BCUT2D eigenvalue weighted by atomic mass is 16.3. The summed E-state index contributed by atoms with van der Waals surface area (Å²) in [6.07, 6.45) is 0. The first-order chi connectivity index (χ1) is 5.67. The summed E-state index contributed by atoms with van der Waals surface area (Å²) >= 11 is 0. The molecule has 0 radical (unpaired) electrons. The number of benzene rings is 1. The van der Waals surface area contributed by atoms with Gasteiger partial charge in [0.2, 0.25) is 0 Å². The van der Waals surface area contributed by atoms with Gasteiger partial charge in [0.15, 0.2) is 0 Å². The van der Waals surface area contributed by atoms with Gasteiger partial charge in [0.05, 0.1) is 5.60 Å². The second kappa shape index (κ2) is 2.49. The Morgan fingerprint density at radius 3 is 2.33 bits per heavy atom. The summed E-state index contributed by atoms with van der Waals surface area (Å²) in [5, 5.41) is 9.50. The average molecular weight is 163 g/mol. The lowest BCUT2D eigenvalue weighted by Gasteiger charge is -2.45. The molecule has 1 aliphatic heterocycles. The van der Waals surface area contributed by atoms with Gasteiger partial charge in [-0.15, -0.1) is 0 Å². The molecule has 2 nitrogen and oxygen atoms in total. The Bertz CT molecular complexity index is 260. The van der Waals surface area contributed by atoms with Crippen molar-refractivity contribution in [2.45, 2.75) is 12.5 Å². The van der Waals surface area contributed by atoms with Crippen molar-refractivity contribution in [3.8, 4) is 0 Å². The Morgan fingerprint density at radius 2 is 1.83 bits per heavy atom. The van der Waals surface area contributed by atoms with E-state index in [4.69, 9.17) is 0 Å². The van der Waals surface area contributed by atoms with Crippen molar-refractivity contribution in [3.05, 3.63) is 30.3 Å². The molecule has 1 aromatic carbocycles. The van der Waals surface area contributed by atoms with E-state index in [0.717, 1.165) is 13.1 Å². The summed E-state index contributed by atoms with van der Waals surface area (Å²) in [6, 6.07) is 10.2. The summed E-state index contributed by atoms with van der Waals surface area (Å²) in [7, 11) is 0. The third kappa shape index (κ3) is 1.30. The first-order valence-corrected chi connectivity index (χ1v) is 4.20. The minimum absolute atomic E-state index is 0.476. The number of para-hydroxylation sites is 1. The highest BCUT2D eigenvalue weighted by Gasteiger charge is 2.36. The van der Waals surface area contributed by atoms with Crippen LogP contribution in [0.2, 0.25) is 0 Å². The molecule has 0 aliphatic carbocycles. The van der Waals surface area contributed by atoms with Gasteiger partial charge in [-0.05, 0) is 19.1 Å². The van der Waals surface area contributed by atoms with Crippen molar-refractivity contribution < 1.29 is 5.11 Å². The predicted molar refractivity (Wildman–Crippen MR) is 49.3 cm³/mol. The smallest absolute Gasteiger partial charge is 0.0967 e. The average Bonchev–Trinajstić information content (AvgIpc) is 2.02. The molecule has 1 aromatic rings. The molecule has 64 valence electrons. The quantitative estimate of drug-likeness (QED) is 0.673. The number of anilines is 1. The van der Waals surface area contributed by atoms with Crippen LogP contribution in [0.1, 0.15) is 6.92 Å². The standard InChI is InChI=1S/C10H13NO/c1-10(12)7-11(8-10)9-5-3-2-4-6-9/h2-6,12H,7-8H2,1H3. The van der Waals surface area contributed by atoms with Crippen LogP contribution in [0.3, 0.4) is 0 Å². The van der Waals surface area contributed by atoms with Gasteiger partial charge >= 0.3 is 0 Å². The van der Waals surface area contributed by atoms with Crippen LogP contribution in [0.15, 0.2) is 30.3 Å². The van der Waals surface area contributed by atoms with Gasteiger partial charge in [0, 0.05) is 18.8 Å². The minimum Gasteiger partial charge on any atom is -0.386 e. The third-order valence-corrected chi connectivity index (χ3v) is 2.18. The topological polar surface area (TPSA) is 23.5 Å². The summed E-state index contributed by atoms with van der Waals surface area (Å²) in [5.41, 5.74) is 0.722. The van der Waals surface area contributed by atoms with E-state index < -0.39 is 5.60 Å². The van der Waals surface area contributed by atoms with Gasteiger partial charge in [-0.1, -0.05) is 18.2 Å². The van der Waals surface area contributed by atoms with Crippen LogP contribution >= 0.6 is 0 Å². The SMILES string of the molecule is CC1(O)CN(c2ccccc2)C1. The maximum atomic E-state index is 9.50. The minimum atomic E-state index is -0.476. The van der Waals surface area contributed by atoms with Crippen LogP contribution in [-0.2, 0) is 0 Å². The van der Waals surface area contributed by atoms with E-state index in [1.807, 2.05) is 25.1 Å². The second-order valence-corrected chi connectivity index (χ2v) is 3.69. The molecule has 0 saturated carbocycles. The van der Waals surface area contributed by atoms with E-state index in [-0.39, 0.29) is 0 Å². The largest absolute Gasteiger partial charge is 0.386 e. The number of hydrogen-bond acceptors (Lipinski definition) is 2. The highest BCUT2D eigenvalue weighted by molar-refractivity contribution is 5.49. The Labute approximate surface area is 72.4 Å². The van der Waals surface area contributed by atoms with Gasteiger partial charge < -0.3 is 10.0 Å². The summed E-state index contributed by atoms with van der Waals surface area (Å²) in [5.74, 6) is 0. The molecule has 1 saturated heterocycles. The number of aliphatic hydroxyl groups is 1. The molecule has 12 heavy (non-hydrogen) atoms. The normalized spacial score (nSPS) is 20.3. The van der Waals surface area contributed by atoms with Crippen molar-refractivity contribution in [2.24, 2.45) is 0 Å². The molecule has 2 heteroatoms. The van der Waals surface area contributed by atoms with Crippen molar-refractivity contribution in [1.29, 1.82) is 0 Å². The Balaban J connectivity index is 2.06. The van der Waals surface area contributed by atoms with Gasteiger partial charge in [0.25, 0.3) is 0 Å².